The van der Waals surface area contributed by atoms with Crippen molar-refractivity contribution in [3.8, 4) is 10.6 Å². The van der Waals surface area contributed by atoms with Gasteiger partial charge in [-0.05, 0) is 62.6 Å². The second-order valence-electron chi connectivity index (χ2n) is 11.8. The Labute approximate surface area is 251 Å². The Morgan fingerprint density at radius 3 is 2.53 bits per heavy atom. The number of rotatable bonds is 6. The summed E-state index contributed by atoms with van der Waals surface area (Å²) in [5, 5.41) is 3.09. The fourth-order valence-corrected chi connectivity index (χ4v) is 9.40. The average Bonchev–Trinajstić information content (AvgIpc) is 3.41. The molecule has 14 heteroatoms. The van der Waals surface area contributed by atoms with E-state index < -0.39 is 33.2 Å². The lowest BCUT2D eigenvalue weighted by Gasteiger charge is -2.34. The van der Waals surface area contributed by atoms with Gasteiger partial charge in [-0.2, -0.15) is 13.2 Å². The number of anilines is 3. The predicted octanol–water partition coefficient (Wildman–Crippen LogP) is 4.81. The van der Waals surface area contributed by atoms with Crippen LogP contribution in [0.2, 0.25) is 0 Å². The zero-order valence-electron chi connectivity index (χ0n) is 23.7. The Bertz CT molecular complexity index is 1720. The molecule has 1 saturated carbocycles. The number of likely N-dealkylation sites (tertiary alicyclic amines) is 1. The third kappa shape index (κ3) is 5.06. The molecule has 5 heterocycles. The molecule has 3 aromatic rings. The molecule has 1 amide bonds. The van der Waals surface area contributed by atoms with E-state index in [0.29, 0.717) is 30.4 Å². The van der Waals surface area contributed by atoms with Crippen molar-refractivity contribution in [1.82, 2.24) is 19.8 Å². The van der Waals surface area contributed by atoms with Gasteiger partial charge in [-0.25, -0.2) is 18.4 Å². The first-order valence-electron chi connectivity index (χ1n) is 14.4. The maximum absolute atomic E-state index is 14.1. The van der Waals surface area contributed by atoms with Gasteiger partial charge in [0.1, 0.15) is 10.4 Å². The fraction of sp³-hybridized carbons (Fsp3) is 0.483. The van der Waals surface area contributed by atoms with Crippen LogP contribution in [0.15, 0.2) is 35.4 Å². The van der Waals surface area contributed by atoms with E-state index in [4.69, 9.17) is 0 Å². The molecular weight excluding hydrogens is 601 g/mol. The number of hydrogen-bond donors (Lipinski definition) is 1. The number of nitrogens with one attached hydrogen (secondary N) is 1. The zero-order valence-corrected chi connectivity index (χ0v) is 25.3. The number of likely N-dealkylation sites (N-methyl/N-ethyl adjacent to an activating group) is 1. The monoisotopic (exact) mass is 632 g/mol. The lowest BCUT2D eigenvalue weighted by atomic mass is 10.1. The number of carbonyl (C=O) groups excluding carboxylic acids is 1. The molecule has 4 aliphatic rings. The van der Waals surface area contributed by atoms with Gasteiger partial charge in [-0.15, -0.1) is 11.3 Å². The first kappa shape index (κ1) is 28.5. The molecule has 1 aromatic carbocycles. The standard InChI is InChI=1S/C29H31F3N6O3S2/c1-3-16-10-18(38-15-19-11-20(38)14-36(19)2)6-7-22(16)34-28-33-13-21(29(30,31)32)25(35-28)23-12-24-26(42-23)27(39)37(17-4-5-17)8-9-43(24,40)41/h6-7,10,12-13,17,19-20H,3-5,8-9,11,14-15H2,1-2H3,(H,33,34,35)/t19-,20-/m0/s1. The van der Waals surface area contributed by atoms with Crippen LogP contribution in [0.4, 0.5) is 30.5 Å². The molecule has 2 aromatic heterocycles. The number of aromatic nitrogens is 2. The van der Waals surface area contributed by atoms with Gasteiger partial charge < -0.3 is 15.1 Å². The van der Waals surface area contributed by atoms with E-state index in [1.165, 1.54) is 11.0 Å². The van der Waals surface area contributed by atoms with Gasteiger partial charge >= 0.3 is 6.18 Å². The van der Waals surface area contributed by atoms with Crippen molar-refractivity contribution in [2.45, 2.75) is 61.8 Å². The highest BCUT2D eigenvalue weighted by Crippen LogP contribution is 2.43. The molecule has 2 saturated heterocycles. The van der Waals surface area contributed by atoms with Crippen molar-refractivity contribution >= 4 is 44.4 Å². The molecule has 2 atom stereocenters. The molecule has 1 aliphatic carbocycles. The summed E-state index contributed by atoms with van der Waals surface area (Å²) >= 11 is 0.739. The number of amides is 1. The first-order chi connectivity index (χ1) is 20.4. The summed E-state index contributed by atoms with van der Waals surface area (Å²) in [7, 11) is -1.72. The minimum Gasteiger partial charge on any atom is -0.366 e. The van der Waals surface area contributed by atoms with E-state index in [0.717, 1.165) is 54.9 Å². The van der Waals surface area contributed by atoms with E-state index >= 15 is 0 Å². The summed E-state index contributed by atoms with van der Waals surface area (Å²) in [5.74, 6) is -0.780. The average molecular weight is 633 g/mol. The molecule has 2 bridgehead atoms. The Morgan fingerprint density at radius 1 is 1.09 bits per heavy atom. The number of nitrogens with zero attached hydrogens (tertiary/aromatic N) is 5. The van der Waals surface area contributed by atoms with E-state index in [2.05, 4.69) is 38.2 Å². The quantitative estimate of drug-likeness (QED) is 0.414. The van der Waals surface area contributed by atoms with E-state index in [-0.39, 0.29) is 38.9 Å². The topological polar surface area (TPSA) is 98.7 Å². The van der Waals surface area contributed by atoms with Crippen LogP contribution < -0.4 is 10.2 Å². The Kier molecular flexibility index (Phi) is 6.74. The third-order valence-electron chi connectivity index (χ3n) is 8.97. The van der Waals surface area contributed by atoms with Crippen molar-refractivity contribution < 1.29 is 26.4 Å². The van der Waals surface area contributed by atoms with Crippen molar-refractivity contribution in [2.24, 2.45) is 0 Å². The van der Waals surface area contributed by atoms with Crippen LogP contribution in [0.25, 0.3) is 10.6 Å². The molecule has 0 unspecified atom stereocenters. The maximum atomic E-state index is 14.1. The van der Waals surface area contributed by atoms with Gasteiger partial charge in [0.2, 0.25) is 5.95 Å². The van der Waals surface area contributed by atoms with Gasteiger partial charge in [0.25, 0.3) is 5.91 Å². The van der Waals surface area contributed by atoms with Crippen molar-refractivity contribution in [3.05, 3.63) is 46.5 Å². The number of fused-ring (bicyclic) bond motifs is 3. The minimum absolute atomic E-state index is 0.0269. The summed E-state index contributed by atoms with van der Waals surface area (Å²) < 4.78 is 68.6. The van der Waals surface area contributed by atoms with E-state index in [1.807, 2.05) is 19.1 Å². The Balaban J connectivity index is 1.24. The summed E-state index contributed by atoms with van der Waals surface area (Å²) in [5.41, 5.74) is 1.20. The van der Waals surface area contributed by atoms with Crippen LogP contribution in [0, 0.1) is 0 Å². The summed E-state index contributed by atoms with van der Waals surface area (Å²) in [6, 6.07) is 8.15. The molecule has 0 spiro atoms. The molecule has 3 aliphatic heterocycles. The van der Waals surface area contributed by atoms with Crippen LogP contribution in [-0.4, -0.2) is 84.7 Å². The molecule has 3 fully saturated rings. The minimum atomic E-state index is -4.79. The number of carbonyl (C=O) groups is 1. The van der Waals surface area contributed by atoms with Gasteiger partial charge in [0, 0.05) is 55.3 Å². The molecule has 9 nitrogen and oxygen atoms in total. The highest BCUT2D eigenvalue weighted by atomic mass is 32.2. The van der Waals surface area contributed by atoms with Crippen LogP contribution >= 0.6 is 11.3 Å². The van der Waals surface area contributed by atoms with Crippen molar-refractivity contribution in [3.63, 3.8) is 0 Å². The smallest absolute Gasteiger partial charge is 0.366 e. The third-order valence-corrected chi connectivity index (χ3v) is 11.9. The summed E-state index contributed by atoms with van der Waals surface area (Å²) in [6.07, 6.45) is -0.693. The highest BCUT2D eigenvalue weighted by molar-refractivity contribution is 7.91. The molecule has 1 N–H and O–H groups in total. The molecule has 7 rings (SSSR count). The molecular formula is C29H31F3N6O3S2. The van der Waals surface area contributed by atoms with E-state index in [1.54, 1.807) is 0 Å². The number of piperazine rings is 1. The maximum Gasteiger partial charge on any atom is 0.420 e. The second-order valence-corrected chi connectivity index (χ2v) is 14.9. The number of sulfone groups is 1. The first-order valence-corrected chi connectivity index (χ1v) is 16.9. The highest BCUT2D eigenvalue weighted by Gasteiger charge is 2.43. The SMILES string of the molecule is CCc1cc(N2C[C@@H]3C[C@H]2CN3C)ccc1Nc1ncc(C(F)(F)F)c(-c2cc3c(s2)C(=O)N(C2CC2)CCS3(=O)=O)n1. The number of benzene rings is 1. The molecule has 43 heavy (non-hydrogen) atoms. The van der Waals surface area contributed by atoms with Crippen molar-refractivity contribution in [2.75, 3.05) is 42.7 Å². The number of hydrogen-bond acceptors (Lipinski definition) is 9. The zero-order chi connectivity index (χ0) is 30.3. The number of thiophene rings is 1. The van der Waals surface area contributed by atoms with Crippen LogP contribution in [0.3, 0.4) is 0 Å². The Morgan fingerprint density at radius 2 is 1.88 bits per heavy atom. The van der Waals surface area contributed by atoms with Gasteiger partial charge in [-0.3, -0.25) is 9.69 Å². The number of alkyl halides is 3. The lowest BCUT2D eigenvalue weighted by Crippen LogP contribution is -2.44. The number of aryl methyl sites for hydroxylation is 1. The van der Waals surface area contributed by atoms with Crippen LogP contribution in [0.5, 0.6) is 0 Å². The summed E-state index contributed by atoms with van der Waals surface area (Å²) in [4.78, 5) is 27.5. The summed E-state index contributed by atoms with van der Waals surface area (Å²) in [6.45, 7) is 4.07. The Hall–Kier alpha value is -3.23. The normalized spacial score (nSPS) is 23.5. The molecule has 228 valence electrons. The van der Waals surface area contributed by atoms with Crippen LogP contribution in [0.1, 0.15) is 47.0 Å². The lowest BCUT2D eigenvalue weighted by molar-refractivity contribution is -0.137. The largest absolute Gasteiger partial charge is 0.420 e. The predicted molar refractivity (Wildman–Crippen MR) is 158 cm³/mol. The van der Waals surface area contributed by atoms with Crippen molar-refractivity contribution in [1.29, 1.82) is 0 Å². The van der Waals surface area contributed by atoms with E-state index in [9.17, 15) is 26.4 Å². The number of halogens is 3. The van der Waals surface area contributed by atoms with Gasteiger partial charge in [0.05, 0.1) is 21.2 Å². The van der Waals surface area contributed by atoms with Gasteiger partial charge in [-0.1, -0.05) is 6.92 Å². The fourth-order valence-electron chi connectivity index (χ4n) is 6.48. The molecule has 0 radical (unpaired) electrons. The second kappa shape index (κ2) is 10.2. The van der Waals surface area contributed by atoms with Crippen LogP contribution in [-0.2, 0) is 22.4 Å². The van der Waals surface area contributed by atoms with Gasteiger partial charge in [0.15, 0.2) is 9.84 Å².